The molecule has 0 spiro atoms. The largest absolute Gasteiger partial charge is 0.490 e. The van der Waals surface area contributed by atoms with E-state index in [1.807, 2.05) is 0 Å². The first-order valence-electron chi connectivity index (χ1n) is 5.62. The highest BCUT2D eigenvalue weighted by atomic mass is 16.6. The standard InChI is InChI=1S/C12H22O3/c1-4-5-6-7-8-9-10-15-12(13)11(2)14-3/h2,4-10H2,1,3H3. The summed E-state index contributed by atoms with van der Waals surface area (Å²) in [6.07, 6.45) is 7.08. The van der Waals surface area contributed by atoms with E-state index < -0.39 is 5.97 Å². The molecule has 0 aromatic carbocycles. The van der Waals surface area contributed by atoms with Crippen molar-refractivity contribution >= 4 is 5.97 Å². The van der Waals surface area contributed by atoms with Crippen molar-refractivity contribution in [2.45, 2.75) is 45.4 Å². The van der Waals surface area contributed by atoms with Crippen LogP contribution in [0, 0.1) is 0 Å². The van der Waals surface area contributed by atoms with Crippen LogP contribution in [0.4, 0.5) is 0 Å². The molecule has 0 aliphatic heterocycles. The van der Waals surface area contributed by atoms with Crippen LogP contribution >= 0.6 is 0 Å². The van der Waals surface area contributed by atoms with Gasteiger partial charge in [0.15, 0.2) is 5.76 Å². The third kappa shape index (κ3) is 8.03. The van der Waals surface area contributed by atoms with E-state index in [0.29, 0.717) is 6.61 Å². The quantitative estimate of drug-likeness (QED) is 0.256. The lowest BCUT2D eigenvalue weighted by molar-refractivity contribution is -0.142. The number of ether oxygens (including phenoxy) is 2. The maximum Gasteiger partial charge on any atom is 0.372 e. The zero-order valence-electron chi connectivity index (χ0n) is 9.88. The maximum absolute atomic E-state index is 11.1. The van der Waals surface area contributed by atoms with Crippen LogP contribution in [-0.4, -0.2) is 19.7 Å². The fourth-order valence-corrected chi connectivity index (χ4v) is 1.21. The van der Waals surface area contributed by atoms with Crippen molar-refractivity contribution in [3.63, 3.8) is 0 Å². The van der Waals surface area contributed by atoms with Gasteiger partial charge in [-0.15, -0.1) is 0 Å². The normalized spacial score (nSPS) is 9.73. The highest BCUT2D eigenvalue weighted by Crippen LogP contribution is 2.05. The molecule has 0 rings (SSSR count). The van der Waals surface area contributed by atoms with Gasteiger partial charge in [0.05, 0.1) is 13.7 Å². The van der Waals surface area contributed by atoms with Crippen LogP contribution in [0.5, 0.6) is 0 Å². The first-order chi connectivity index (χ1) is 7.22. The summed E-state index contributed by atoms with van der Waals surface area (Å²) >= 11 is 0. The molecule has 0 radical (unpaired) electrons. The molecule has 15 heavy (non-hydrogen) atoms. The highest BCUT2D eigenvalue weighted by Gasteiger charge is 2.06. The van der Waals surface area contributed by atoms with Gasteiger partial charge in [-0.2, -0.15) is 0 Å². The maximum atomic E-state index is 11.1. The Morgan fingerprint density at radius 2 is 1.73 bits per heavy atom. The van der Waals surface area contributed by atoms with Crippen molar-refractivity contribution in [2.24, 2.45) is 0 Å². The Kier molecular flexibility index (Phi) is 8.93. The van der Waals surface area contributed by atoms with E-state index >= 15 is 0 Å². The first kappa shape index (κ1) is 14.0. The van der Waals surface area contributed by atoms with Gasteiger partial charge in [-0.3, -0.25) is 0 Å². The number of rotatable bonds is 9. The van der Waals surface area contributed by atoms with Crippen LogP contribution in [0.15, 0.2) is 12.3 Å². The molecule has 0 bridgehead atoms. The Balaban J connectivity index is 3.24. The lowest BCUT2D eigenvalue weighted by Gasteiger charge is -2.05. The molecule has 3 nitrogen and oxygen atoms in total. The van der Waals surface area contributed by atoms with Crippen molar-refractivity contribution < 1.29 is 14.3 Å². The number of unbranched alkanes of at least 4 members (excludes halogenated alkanes) is 5. The molecule has 3 heteroatoms. The average Bonchev–Trinajstić information content (AvgIpc) is 2.26. The van der Waals surface area contributed by atoms with Crippen molar-refractivity contribution in [1.29, 1.82) is 0 Å². The van der Waals surface area contributed by atoms with Crippen LogP contribution in [-0.2, 0) is 14.3 Å². The van der Waals surface area contributed by atoms with E-state index in [0.717, 1.165) is 12.8 Å². The molecule has 88 valence electrons. The van der Waals surface area contributed by atoms with E-state index in [1.54, 1.807) is 0 Å². The van der Waals surface area contributed by atoms with Gasteiger partial charge in [-0.05, 0) is 13.0 Å². The monoisotopic (exact) mass is 214 g/mol. The molecule has 0 amide bonds. The summed E-state index contributed by atoms with van der Waals surface area (Å²) in [5.74, 6) is -0.382. The average molecular weight is 214 g/mol. The van der Waals surface area contributed by atoms with E-state index in [2.05, 4.69) is 18.2 Å². The van der Waals surface area contributed by atoms with E-state index in [1.165, 1.54) is 32.8 Å². The Morgan fingerprint density at radius 1 is 1.13 bits per heavy atom. The summed E-state index contributed by atoms with van der Waals surface area (Å²) in [4.78, 5) is 11.1. The summed E-state index contributed by atoms with van der Waals surface area (Å²) in [5, 5.41) is 0. The minimum absolute atomic E-state index is 0.0704. The minimum atomic E-state index is -0.453. The number of carbonyl (C=O) groups is 1. The number of hydrogen-bond donors (Lipinski definition) is 0. The van der Waals surface area contributed by atoms with Crippen molar-refractivity contribution in [3.05, 3.63) is 12.3 Å². The second kappa shape index (κ2) is 9.56. The second-order valence-corrected chi connectivity index (χ2v) is 3.53. The third-order valence-electron chi connectivity index (χ3n) is 2.21. The van der Waals surface area contributed by atoms with Crippen molar-refractivity contribution in [3.8, 4) is 0 Å². The molecular weight excluding hydrogens is 192 g/mol. The zero-order valence-corrected chi connectivity index (χ0v) is 9.88. The highest BCUT2D eigenvalue weighted by molar-refractivity contribution is 5.85. The Hall–Kier alpha value is -0.990. The van der Waals surface area contributed by atoms with E-state index in [-0.39, 0.29) is 5.76 Å². The van der Waals surface area contributed by atoms with Gasteiger partial charge in [0.2, 0.25) is 0 Å². The third-order valence-corrected chi connectivity index (χ3v) is 2.21. The molecule has 0 unspecified atom stereocenters. The summed E-state index contributed by atoms with van der Waals surface area (Å²) in [6, 6.07) is 0. The van der Waals surface area contributed by atoms with Gasteiger partial charge in [-0.1, -0.05) is 39.0 Å². The first-order valence-corrected chi connectivity index (χ1v) is 5.62. The SMILES string of the molecule is C=C(OC)C(=O)OCCCCCCCC. The molecule has 0 aromatic rings. The lowest BCUT2D eigenvalue weighted by Crippen LogP contribution is -2.09. The summed E-state index contributed by atoms with van der Waals surface area (Å²) < 4.78 is 9.59. The van der Waals surface area contributed by atoms with Crippen molar-refractivity contribution in [1.82, 2.24) is 0 Å². The van der Waals surface area contributed by atoms with Gasteiger partial charge in [0.25, 0.3) is 0 Å². The fourth-order valence-electron chi connectivity index (χ4n) is 1.21. The van der Waals surface area contributed by atoms with Crippen LogP contribution in [0.2, 0.25) is 0 Å². The number of carbonyl (C=O) groups excluding carboxylic acids is 1. The molecule has 0 fully saturated rings. The van der Waals surface area contributed by atoms with Gasteiger partial charge >= 0.3 is 5.97 Å². The second-order valence-electron chi connectivity index (χ2n) is 3.53. The molecule has 0 saturated heterocycles. The summed E-state index contributed by atoms with van der Waals surface area (Å²) in [6.45, 7) is 6.07. The number of methoxy groups -OCH3 is 1. The van der Waals surface area contributed by atoms with Gasteiger partial charge < -0.3 is 9.47 Å². The molecule has 0 saturated carbocycles. The smallest absolute Gasteiger partial charge is 0.372 e. The predicted molar refractivity (Wildman–Crippen MR) is 60.5 cm³/mol. The number of esters is 1. The molecule has 0 aromatic heterocycles. The van der Waals surface area contributed by atoms with E-state index in [4.69, 9.17) is 4.74 Å². The zero-order chi connectivity index (χ0) is 11.5. The van der Waals surface area contributed by atoms with Crippen molar-refractivity contribution in [2.75, 3.05) is 13.7 Å². The molecule has 0 N–H and O–H groups in total. The summed E-state index contributed by atoms with van der Waals surface area (Å²) in [5.41, 5.74) is 0. The Morgan fingerprint density at radius 3 is 2.33 bits per heavy atom. The van der Waals surface area contributed by atoms with Gasteiger partial charge in [-0.25, -0.2) is 4.79 Å². The molecule has 0 aliphatic carbocycles. The van der Waals surface area contributed by atoms with Crippen LogP contribution < -0.4 is 0 Å². The van der Waals surface area contributed by atoms with Crippen LogP contribution in [0.3, 0.4) is 0 Å². The lowest BCUT2D eigenvalue weighted by atomic mass is 10.1. The predicted octanol–water partition coefficient (Wildman–Crippen LogP) is 3.05. The molecular formula is C12H22O3. The van der Waals surface area contributed by atoms with Gasteiger partial charge in [0.1, 0.15) is 0 Å². The minimum Gasteiger partial charge on any atom is -0.490 e. The number of hydrogen-bond acceptors (Lipinski definition) is 3. The van der Waals surface area contributed by atoms with Crippen LogP contribution in [0.25, 0.3) is 0 Å². The molecule has 0 aliphatic rings. The Labute approximate surface area is 92.5 Å². The van der Waals surface area contributed by atoms with Crippen LogP contribution in [0.1, 0.15) is 45.4 Å². The topological polar surface area (TPSA) is 35.5 Å². The summed E-state index contributed by atoms with van der Waals surface area (Å²) in [7, 11) is 1.41. The molecule has 0 atom stereocenters. The van der Waals surface area contributed by atoms with E-state index in [9.17, 15) is 4.79 Å². The van der Waals surface area contributed by atoms with Gasteiger partial charge in [0, 0.05) is 0 Å². The molecule has 0 heterocycles. The Bertz CT molecular complexity index is 187. The fraction of sp³-hybridized carbons (Fsp3) is 0.750.